The molecule has 6 heteroatoms. The van der Waals surface area contributed by atoms with Gasteiger partial charge in [-0.15, -0.1) is 0 Å². The van der Waals surface area contributed by atoms with E-state index >= 15 is 0 Å². The lowest BCUT2D eigenvalue weighted by molar-refractivity contribution is -0.138. The molecule has 0 aliphatic heterocycles. The summed E-state index contributed by atoms with van der Waals surface area (Å²) in [6.07, 6.45) is 0.807. The van der Waals surface area contributed by atoms with E-state index < -0.39 is 11.5 Å². The maximum absolute atomic E-state index is 12.1. The van der Waals surface area contributed by atoms with Crippen molar-refractivity contribution in [3.8, 4) is 0 Å². The lowest BCUT2D eigenvalue weighted by Crippen LogP contribution is -2.51. The minimum absolute atomic E-state index is 0.0893. The van der Waals surface area contributed by atoms with Gasteiger partial charge in [0.15, 0.2) is 0 Å². The Morgan fingerprint density at radius 3 is 2.21 bits per heavy atom. The van der Waals surface area contributed by atoms with Crippen molar-refractivity contribution in [1.82, 2.24) is 15.1 Å². The van der Waals surface area contributed by atoms with Gasteiger partial charge in [0.1, 0.15) is 0 Å². The molecule has 0 fully saturated rings. The summed E-state index contributed by atoms with van der Waals surface area (Å²) in [4.78, 5) is 26.5. The highest BCUT2D eigenvalue weighted by Gasteiger charge is 2.25. The van der Waals surface area contributed by atoms with E-state index in [-0.39, 0.29) is 12.5 Å². The Bertz CT molecular complexity index is 304. The van der Waals surface area contributed by atoms with Crippen LogP contribution < -0.4 is 5.32 Å². The summed E-state index contributed by atoms with van der Waals surface area (Å²) in [5.74, 6) is -0.916. The summed E-state index contributed by atoms with van der Waals surface area (Å²) in [6, 6.07) is -0.201. The van der Waals surface area contributed by atoms with Crippen LogP contribution in [0.2, 0.25) is 0 Å². The molecule has 2 N–H and O–H groups in total. The Labute approximate surface area is 115 Å². The second-order valence-electron chi connectivity index (χ2n) is 5.62. The first-order valence-electron chi connectivity index (χ1n) is 6.61. The van der Waals surface area contributed by atoms with Crippen molar-refractivity contribution < 1.29 is 14.7 Å². The standard InChI is InChI=1S/C13H27N3O3/c1-6-16(9-7-8-15(4)5)12(19)14-13(2,3)10-11(17)18/h6-10H2,1-5H3,(H,14,19)(H,17,18). The zero-order valence-electron chi connectivity index (χ0n) is 12.7. The van der Waals surface area contributed by atoms with Gasteiger partial charge in [0, 0.05) is 18.6 Å². The van der Waals surface area contributed by atoms with Crippen LogP contribution in [-0.4, -0.2) is 66.2 Å². The third kappa shape index (κ3) is 8.42. The number of carbonyl (C=O) groups is 2. The van der Waals surface area contributed by atoms with Crippen LogP contribution in [0.3, 0.4) is 0 Å². The van der Waals surface area contributed by atoms with Gasteiger partial charge < -0.3 is 20.2 Å². The van der Waals surface area contributed by atoms with Crippen LogP contribution in [0.15, 0.2) is 0 Å². The van der Waals surface area contributed by atoms with Crippen molar-refractivity contribution >= 4 is 12.0 Å². The molecule has 0 bridgehead atoms. The van der Waals surface area contributed by atoms with Gasteiger partial charge in [-0.2, -0.15) is 0 Å². The molecule has 19 heavy (non-hydrogen) atoms. The SMILES string of the molecule is CCN(CCCN(C)C)C(=O)NC(C)(C)CC(=O)O. The van der Waals surface area contributed by atoms with Gasteiger partial charge in [-0.3, -0.25) is 4.79 Å². The molecule has 0 aromatic heterocycles. The molecule has 0 saturated carbocycles. The highest BCUT2D eigenvalue weighted by molar-refractivity contribution is 5.76. The molecular weight excluding hydrogens is 246 g/mol. The highest BCUT2D eigenvalue weighted by Crippen LogP contribution is 2.09. The number of hydrogen-bond donors (Lipinski definition) is 2. The van der Waals surface area contributed by atoms with Gasteiger partial charge in [-0.25, -0.2) is 4.79 Å². The van der Waals surface area contributed by atoms with Gasteiger partial charge >= 0.3 is 12.0 Å². The molecule has 0 aliphatic rings. The van der Waals surface area contributed by atoms with E-state index in [0.29, 0.717) is 13.1 Å². The van der Waals surface area contributed by atoms with E-state index in [1.807, 2.05) is 21.0 Å². The van der Waals surface area contributed by atoms with Crippen molar-refractivity contribution in [2.45, 2.75) is 39.2 Å². The molecular formula is C13H27N3O3. The molecule has 0 unspecified atom stereocenters. The fourth-order valence-electron chi connectivity index (χ4n) is 1.77. The van der Waals surface area contributed by atoms with Crippen molar-refractivity contribution in [3.05, 3.63) is 0 Å². The van der Waals surface area contributed by atoms with Gasteiger partial charge in [0.25, 0.3) is 0 Å². The molecule has 0 aromatic rings. The summed E-state index contributed by atoms with van der Waals surface area (Å²) in [6.45, 7) is 7.55. The van der Waals surface area contributed by atoms with E-state index in [1.54, 1.807) is 18.7 Å². The van der Waals surface area contributed by atoms with E-state index in [1.165, 1.54) is 0 Å². The van der Waals surface area contributed by atoms with E-state index in [2.05, 4.69) is 10.2 Å². The maximum atomic E-state index is 12.1. The lowest BCUT2D eigenvalue weighted by Gasteiger charge is -2.29. The molecule has 0 spiro atoms. The van der Waals surface area contributed by atoms with Crippen LogP contribution in [0.25, 0.3) is 0 Å². The van der Waals surface area contributed by atoms with Crippen LogP contribution in [-0.2, 0) is 4.79 Å². The Hall–Kier alpha value is -1.30. The highest BCUT2D eigenvalue weighted by atomic mass is 16.4. The monoisotopic (exact) mass is 273 g/mol. The summed E-state index contributed by atoms with van der Waals surface area (Å²) in [5, 5.41) is 11.6. The molecule has 6 nitrogen and oxygen atoms in total. The lowest BCUT2D eigenvalue weighted by atomic mass is 10.0. The Balaban J connectivity index is 4.30. The first-order valence-corrected chi connectivity index (χ1v) is 6.61. The van der Waals surface area contributed by atoms with Crippen molar-refractivity contribution in [2.75, 3.05) is 33.7 Å². The Morgan fingerprint density at radius 1 is 1.21 bits per heavy atom. The minimum atomic E-state index is -0.916. The summed E-state index contributed by atoms with van der Waals surface area (Å²) < 4.78 is 0. The Morgan fingerprint density at radius 2 is 1.79 bits per heavy atom. The van der Waals surface area contributed by atoms with Crippen LogP contribution in [0.5, 0.6) is 0 Å². The molecule has 0 atom stereocenters. The van der Waals surface area contributed by atoms with E-state index in [4.69, 9.17) is 5.11 Å². The summed E-state index contributed by atoms with van der Waals surface area (Å²) >= 11 is 0. The van der Waals surface area contributed by atoms with Crippen LogP contribution >= 0.6 is 0 Å². The average Bonchev–Trinajstić information content (AvgIpc) is 2.20. The molecule has 0 heterocycles. The normalized spacial score (nSPS) is 11.5. The number of carboxylic acids is 1. The van der Waals surface area contributed by atoms with Gasteiger partial charge in [-0.1, -0.05) is 0 Å². The topological polar surface area (TPSA) is 72.9 Å². The molecule has 0 aliphatic carbocycles. The summed E-state index contributed by atoms with van der Waals surface area (Å²) in [5.41, 5.74) is -0.738. The number of nitrogens with zero attached hydrogens (tertiary/aromatic N) is 2. The molecule has 0 rings (SSSR count). The van der Waals surface area contributed by atoms with Crippen molar-refractivity contribution in [2.24, 2.45) is 0 Å². The van der Waals surface area contributed by atoms with E-state index in [9.17, 15) is 9.59 Å². The smallest absolute Gasteiger partial charge is 0.317 e. The zero-order valence-corrected chi connectivity index (χ0v) is 12.7. The number of carboxylic acid groups (broad SMARTS) is 1. The molecule has 2 amide bonds. The quantitative estimate of drug-likeness (QED) is 0.697. The number of rotatable bonds is 8. The third-order valence-corrected chi connectivity index (χ3v) is 2.74. The van der Waals surface area contributed by atoms with Gasteiger partial charge in [0.05, 0.1) is 6.42 Å². The fourth-order valence-corrected chi connectivity index (χ4v) is 1.77. The number of aliphatic carboxylic acids is 1. The number of nitrogens with one attached hydrogen (secondary N) is 1. The van der Waals surface area contributed by atoms with Gasteiger partial charge in [-0.05, 0) is 47.8 Å². The number of urea groups is 1. The van der Waals surface area contributed by atoms with Crippen LogP contribution in [0, 0.1) is 0 Å². The largest absolute Gasteiger partial charge is 0.481 e. The third-order valence-electron chi connectivity index (χ3n) is 2.74. The summed E-state index contributed by atoms with van der Waals surface area (Å²) in [7, 11) is 3.98. The van der Waals surface area contributed by atoms with Crippen LogP contribution in [0.4, 0.5) is 4.79 Å². The number of hydrogen-bond acceptors (Lipinski definition) is 3. The predicted octanol–water partition coefficient (Wildman–Crippen LogP) is 1.22. The minimum Gasteiger partial charge on any atom is -0.481 e. The molecule has 0 saturated heterocycles. The van der Waals surface area contributed by atoms with Crippen molar-refractivity contribution in [3.63, 3.8) is 0 Å². The number of amides is 2. The number of carbonyl (C=O) groups excluding carboxylic acids is 1. The zero-order chi connectivity index (χ0) is 15.1. The maximum Gasteiger partial charge on any atom is 0.317 e. The second kappa shape index (κ2) is 7.99. The van der Waals surface area contributed by atoms with E-state index in [0.717, 1.165) is 13.0 Å². The van der Waals surface area contributed by atoms with Crippen molar-refractivity contribution in [1.29, 1.82) is 0 Å². The first-order chi connectivity index (χ1) is 8.68. The predicted molar refractivity (Wildman–Crippen MR) is 75.3 cm³/mol. The van der Waals surface area contributed by atoms with Crippen LogP contribution in [0.1, 0.15) is 33.6 Å². The first kappa shape index (κ1) is 17.7. The molecule has 0 radical (unpaired) electrons. The Kier molecular flexibility index (Phi) is 7.44. The second-order valence-corrected chi connectivity index (χ2v) is 5.62. The van der Waals surface area contributed by atoms with Gasteiger partial charge in [0.2, 0.25) is 0 Å². The fraction of sp³-hybridized carbons (Fsp3) is 0.846. The molecule has 112 valence electrons. The molecule has 0 aromatic carbocycles. The average molecular weight is 273 g/mol.